The average Bonchev–Trinajstić information content (AvgIpc) is 4.12. The zero-order valence-corrected chi connectivity index (χ0v) is 32.1. The Morgan fingerprint density at radius 1 is 0.500 bits per heavy atom. The summed E-state index contributed by atoms with van der Waals surface area (Å²) in [6.45, 7) is 7.08. The number of rotatable bonds is 10. The number of imidazole rings is 3. The minimum atomic E-state index is -0.548. The molecule has 0 radical (unpaired) electrons. The van der Waals surface area contributed by atoms with Gasteiger partial charge in [0.2, 0.25) is 0 Å². The van der Waals surface area contributed by atoms with E-state index < -0.39 is 11.9 Å². The van der Waals surface area contributed by atoms with Crippen molar-refractivity contribution in [3.05, 3.63) is 183 Å². The Bertz CT molecular complexity index is 3120. The smallest absolute Gasteiger partial charge is 0.335 e. The van der Waals surface area contributed by atoms with Crippen LogP contribution < -0.4 is 9.47 Å². The van der Waals surface area contributed by atoms with Crippen molar-refractivity contribution in [2.24, 2.45) is 0 Å². The highest BCUT2D eigenvalue weighted by Crippen LogP contribution is 2.44. The minimum Gasteiger partial charge on any atom is -0.423 e. The van der Waals surface area contributed by atoms with Crippen molar-refractivity contribution >= 4 is 50.7 Å². The lowest BCUT2D eigenvalue weighted by molar-refractivity contribution is -0.129. The maximum Gasteiger partial charge on any atom is 0.335 e. The molecule has 0 bridgehead atoms. The van der Waals surface area contributed by atoms with Crippen LogP contribution in [0, 0.1) is 0 Å². The number of nitrogens with zero attached hydrogens (tertiary/aromatic N) is 6. The van der Waals surface area contributed by atoms with E-state index in [1.807, 2.05) is 103 Å². The molecule has 0 saturated heterocycles. The fourth-order valence-electron chi connectivity index (χ4n) is 7.76. The van der Waals surface area contributed by atoms with Crippen molar-refractivity contribution in [3.8, 4) is 57.0 Å². The zero-order valence-electron chi connectivity index (χ0n) is 32.1. The van der Waals surface area contributed by atoms with Crippen LogP contribution in [-0.4, -0.2) is 40.6 Å². The van der Waals surface area contributed by atoms with Crippen LogP contribution in [0.15, 0.2) is 183 Å². The third-order valence-electron chi connectivity index (χ3n) is 10.4. The highest BCUT2D eigenvalue weighted by molar-refractivity contribution is 6.22. The zero-order chi connectivity index (χ0) is 40.7. The number of hydrogen-bond acceptors (Lipinski definition) is 7. The minimum absolute atomic E-state index is 0.380. The molecule has 60 heavy (non-hydrogen) atoms. The highest BCUT2D eigenvalue weighted by Gasteiger charge is 2.30. The van der Waals surface area contributed by atoms with Crippen molar-refractivity contribution in [1.82, 2.24) is 28.7 Å². The molecule has 10 nitrogen and oxygen atoms in total. The number of carbonyl (C=O) groups excluding carboxylic acids is 2. The van der Waals surface area contributed by atoms with E-state index in [9.17, 15) is 9.59 Å². The van der Waals surface area contributed by atoms with Gasteiger partial charge in [-0.2, -0.15) is 0 Å². The first kappa shape index (κ1) is 36.0. The van der Waals surface area contributed by atoms with Gasteiger partial charge in [0.1, 0.15) is 62.1 Å². The van der Waals surface area contributed by atoms with Crippen molar-refractivity contribution in [2.75, 3.05) is 0 Å². The molecule has 9 aromatic rings. The van der Waals surface area contributed by atoms with E-state index in [1.54, 1.807) is 24.3 Å². The Kier molecular flexibility index (Phi) is 8.91. The molecule has 3 heterocycles. The summed E-state index contributed by atoms with van der Waals surface area (Å²) in [5.74, 6) is 1.77. The van der Waals surface area contributed by atoms with E-state index >= 15 is 0 Å². The summed E-state index contributed by atoms with van der Waals surface area (Å²) in [5.41, 5.74) is 9.59. The molecule has 10 rings (SSSR count). The van der Waals surface area contributed by atoms with Crippen molar-refractivity contribution in [1.29, 1.82) is 0 Å². The lowest BCUT2D eigenvalue weighted by Gasteiger charge is -2.13. The van der Waals surface area contributed by atoms with Gasteiger partial charge in [0.25, 0.3) is 0 Å². The number of hydrogen-bond donors (Lipinski definition) is 0. The molecular formula is C50H34N6O4. The van der Waals surface area contributed by atoms with E-state index in [1.165, 1.54) is 0 Å². The van der Waals surface area contributed by atoms with Gasteiger partial charge in [0.05, 0.1) is 0 Å². The standard InChI is InChI=1S/C50H34N6O4/c1-3-40(57)59-38-28-24-36(25-29-38)55-46-42-45(54(35-22-14-15-23-35)48(51-42)32-16-8-5-9-17-32)43-47(44(46)53-50(55)34-20-12-7-13-21-34)56(49(52-43)33-18-10-6-11-19-33)37-26-30-39(31-27-37)60-41(58)4-2/h3-14,16-31H,1-2,15H2. The molecule has 0 amide bonds. The second-order valence-corrected chi connectivity index (χ2v) is 14.0. The Hall–Kier alpha value is -8.37. The van der Waals surface area contributed by atoms with Crippen LogP contribution in [0.5, 0.6) is 11.5 Å². The Balaban J connectivity index is 1.40. The van der Waals surface area contributed by atoms with Gasteiger partial charge in [-0.25, -0.2) is 24.5 Å². The molecule has 3 aromatic heterocycles. The first-order valence-corrected chi connectivity index (χ1v) is 19.3. The number of esters is 2. The van der Waals surface area contributed by atoms with E-state index in [4.69, 9.17) is 24.4 Å². The Morgan fingerprint density at radius 3 is 1.22 bits per heavy atom. The molecule has 1 aliphatic carbocycles. The van der Waals surface area contributed by atoms with Gasteiger partial charge in [0.15, 0.2) is 0 Å². The second-order valence-electron chi connectivity index (χ2n) is 14.0. The Labute approximate surface area is 343 Å². The van der Waals surface area contributed by atoms with Crippen LogP contribution in [0.25, 0.3) is 84.3 Å². The van der Waals surface area contributed by atoms with Crippen LogP contribution >= 0.6 is 0 Å². The van der Waals surface area contributed by atoms with Crippen LogP contribution in [0.1, 0.15) is 6.42 Å². The van der Waals surface area contributed by atoms with Crippen LogP contribution in [-0.2, 0) is 9.59 Å². The van der Waals surface area contributed by atoms with Crippen molar-refractivity contribution in [3.63, 3.8) is 0 Å². The van der Waals surface area contributed by atoms with Gasteiger partial charge in [-0.3, -0.25) is 13.7 Å². The van der Waals surface area contributed by atoms with Gasteiger partial charge in [-0.15, -0.1) is 0 Å². The second kappa shape index (κ2) is 14.9. The summed E-state index contributed by atoms with van der Waals surface area (Å²) < 4.78 is 17.4. The molecule has 0 saturated carbocycles. The van der Waals surface area contributed by atoms with Gasteiger partial charge < -0.3 is 9.47 Å². The number of fused-ring (bicyclic) bond motifs is 6. The largest absolute Gasteiger partial charge is 0.423 e. The predicted molar refractivity (Wildman–Crippen MR) is 235 cm³/mol. The summed E-state index contributed by atoms with van der Waals surface area (Å²) in [6, 6.07) is 44.9. The number of benzene rings is 6. The molecule has 288 valence electrons. The molecule has 0 atom stereocenters. The van der Waals surface area contributed by atoms with Gasteiger partial charge >= 0.3 is 11.9 Å². The van der Waals surface area contributed by atoms with E-state index in [0.717, 1.165) is 74.7 Å². The molecule has 6 aromatic carbocycles. The summed E-state index contributed by atoms with van der Waals surface area (Å²) in [7, 11) is 0. The topological polar surface area (TPSA) is 106 Å². The summed E-state index contributed by atoms with van der Waals surface area (Å²) in [6.07, 6.45) is 9.50. The first-order valence-electron chi connectivity index (χ1n) is 19.3. The van der Waals surface area contributed by atoms with Crippen LogP contribution in [0.4, 0.5) is 0 Å². The van der Waals surface area contributed by atoms with E-state index in [-0.39, 0.29) is 0 Å². The van der Waals surface area contributed by atoms with E-state index in [2.05, 4.69) is 57.2 Å². The predicted octanol–water partition coefficient (Wildman–Crippen LogP) is 10.7. The lowest BCUT2D eigenvalue weighted by atomic mass is 10.1. The SMILES string of the molecule is C=CC(=O)Oc1ccc(-n2c(-c3ccccc3)nc3c2c2nc(-c4ccccc4)n(C4=CCC=C4)c2c2nc(-c4ccccc4)n(-c4ccc(OC(=O)C=C)cc4)c23)cc1. The molecule has 0 aliphatic heterocycles. The third-order valence-corrected chi connectivity index (χ3v) is 10.4. The molecule has 0 unspecified atom stereocenters. The van der Waals surface area contributed by atoms with Crippen LogP contribution in [0.3, 0.4) is 0 Å². The maximum atomic E-state index is 12.2. The van der Waals surface area contributed by atoms with Crippen molar-refractivity contribution < 1.29 is 19.1 Å². The lowest BCUT2D eigenvalue weighted by Crippen LogP contribution is -2.04. The van der Waals surface area contributed by atoms with Crippen molar-refractivity contribution in [2.45, 2.75) is 6.42 Å². The maximum absolute atomic E-state index is 12.2. The third kappa shape index (κ3) is 6.11. The fraction of sp³-hybridized carbons (Fsp3) is 0.0200. The quantitative estimate of drug-likeness (QED) is 0.0772. The molecule has 10 heteroatoms. The number of ether oxygens (including phenoxy) is 2. The van der Waals surface area contributed by atoms with Crippen LogP contribution in [0.2, 0.25) is 0 Å². The fourth-order valence-corrected chi connectivity index (χ4v) is 7.76. The van der Waals surface area contributed by atoms with E-state index in [0.29, 0.717) is 39.7 Å². The number of carbonyl (C=O) groups is 2. The normalized spacial score (nSPS) is 12.2. The molecule has 0 N–H and O–H groups in total. The molecule has 1 aliphatic rings. The van der Waals surface area contributed by atoms with Gasteiger partial charge in [0, 0.05) is 45.9 Å². The van der Waals surface area contributed by atoms with Gasteiger partial charge in [-0.05, 0) is 61.0 Å². The Morgan fingerprint density at radius 2 is 0.867 bits per heavy atom. The first-order chi connectivity index (χ1) is 29.5. The molecule has 0 fully saturated rings. The summed E-state index contributed by atoms with van der Waals surface area (Å²) >= 11 is 0. The highest BCUT2D eigenvalue weighted by atomic mass is 16.5. The van der Waals surface area contributed by atoms with Gasteiger partial charge in [-0.1, -0.05) is 116 Å². The summed E-state index contributed by atoms with van der Waals surface area (Å²) in [5, 5.41) is 0. The molecular weight excluding hydrogens is 749 g/mol. The number of allylic oxidation sites excluding steroid dienone is 4. The summed E-state index contributed by atoms with van der Waals surface area (Å²) in [4.78, 5) is 40.9. The monoisotopic (exact) mass is 782 g/mol. The molecule has 0 spiro atoms. The average molecular weight is 783 g/mol. The number of aromatic nitrogens is 6.